The molecule has 0 amide bonds. The molecule has 0 spiro atoms. The van der Waals surface area contributed by atoms with Crippen LogP contribution in [0, 0.1) is 10.1 Å². The summed E-state index contributed by atoms with van der Waals surface area (Å²) < 4.78 is 4.55. The third-order valence-electron chi connectivity index (χ3n) is 1.46. The zero-order valence-corrected chi connectivity index (χ0v) is 7.56. The van der Waals surface area contributed by atoms with Crippen LogP contribution in [0.3, 0.4) is 0 Å². The van der Waals surface area contributed by atoms with E-state index in [0.29, 0.717) is 6.42 Å². The van der Waals surface area contributed by atoms with Crippen LogP contribution in [0.4, 0.5) is 0 Å². The van der Waals surface area contributed by atoms with Gasteiger partial charge in [-0.25, -0.2) is 4.79 Å². The van der Waals surface area contributed by atoms with E-state index in [-0.39, 0.29) is 13.0 Å². The molecule has 0 N–H and O–H groups in total. The first-order valence-corrected chi connectivity index (χ1v) is 4.04. The largest absolute Gasteiger partial charge is 0.461 e. The summed E-state index contributed by atoms with van der Waals surface area (Å²) in [6.07, 6.45) is 2.12. The smallest absolute Gasteiger partial charge is 0.381 e. The van der Waals surface area contributed by atoms with Crippen LogP contribution in [0.2, 0.25) is 0 Å². The Kier molecular flexibility index (Phi) is 5.50. The molecule has 5 nitrogen and oxygen atoms in total. The first kappa shape index (κ1) is 11.6. The molecule has 0 aromatic carbocycles. The molecule has 0 aliphatic carbocycles. The van der Waals surface area contributed by atoms with Crippen LogP contribution in [0.15, 0.2) is 12.7 Å². The highest BCUT2D eigenvalue weighted by Crippen LogP contribution is 2.04. The molecule has 0 aliphatic heterocycles. The Hall–Kier alpha value is -1.39. The maximum absolute atomic E-state index is 11.0. The summed E-state index contributed by atoms with van der Waals surface area (Å²) in [5.74, 6) is -0.769. The van der Waals surface area contributed by atoms with Crippen molar-refractivity contribution in [3.05, 3.63) is 22.8 Å². The number of esters is 1. The van der Waals surface area contributed by atoms with Gasteiger partial charge in [-0.1, -0.05) is 6.08 Å². The molecule has 0 aromatic rings. The fraction of sp³-hybridized carbons (Fsp3) is 0.625. The highest BCUT2D eigenvalue weighted by atomic mass is 16.6. The van der Waals surface area contributed by atoms with Crippen LogP contribution in [-0.4, -0.2) is 23.5 Å². The lowest BCUT2D eigenvalue weighted by Crippen LogP contribution is -2.31. The fourth-order valence-electron chi connectivity index (χ4n) is 0.823. The molecule has 0 fully saturated rings. The minimum atomic E-state index is -1.25. The molecule has 0 bridgehead atoms. The lowest BCUT2D eigenvalue weighted by molar-refractivity contribution is -0.511. The SMILES string of the molecule is C=CCCC(C(=O)OCC)[N+](=O)[O-]. The van der Waals surface area contributed by atoms with Crippen molar-refractivity contribution in [2.45, 2.75) is 25.8 Å². The van der Waals surface area contributed by atoms with Gasteiger partial charge in [0.2, 0.25) is 0 Å². The van der Waals surface area contributed by atoms with Crippen molar-refractivity contribution in [1.29, 1.82) is 0 Å². The monoisotopic (exact) mass is 187 g/mol. The van der Waals surface area contributed by atoms with Crippen molar-refractivity contribution < 1.29 is 14.5 Å². The van der Waals surface area contributed by atoms with Crippen molar-refractivity contribution in [3.8, 4) is 0 Å². The van der Waals surface area contributed by atoms with E-state index >= 15 is 0 Å². The highest BCUT2D eigenvalue weighted by Gasteiger charge is 2.29. The average molecular weight is 187 g/mol. The Morgan fingerprint density at radius 3 is 2.77 bits per heavy atom. The molecule has 1 unspecified atom stereocenters. The molecule has 0 radical (unpaired) electrons. The predicted molar refractivity (Wildman–Crippen MR) is 46.8 cm³/mol. The number of hydrogen-bond acceptors (Lipinski definition) is 4. The second-order valence-corrected chi connectivity index (χ2v) is 2.42. The summed E-state index contributed by atoms with van der Waals surface area (Å²) in [6.45, 7) is 5.20. The molecule has 0 aromatic heterocycles. The van der Waals surface area contributed by atoms with E-state index in [4.69, 9.17) is 0 Å². The number of ether oxygens (including phenoxy) is 1. The van der Waals surface area contributed by atoms with E-state index < -0.39 is 16.9 Å². The first-order chi connectivity index (χ1) is 6.13. The van der Waals surface area contributed by atoms with Gasteiger partial charge >= 0.3 is 12.0 Å². The second kappa shape index (κ2) is 6.16. The zero-order chi connectivity index (χ0) is 10.3. The van der Waals surface area contributed by atoms with Crippen molar-refractivity contribution in [3.63, 3.8) is 0 Å². The summed E-state index contributed by atoms with van der Waals surface area (Å²) in [5.41, 5.74) is 0. The number of rotatable bonds is 6. The van der Waals surface area contributed by atoms with Gasteiger partial charge in [0, 0.05) is 11.3 Å². The molecule has 0 heterocycles. The van der Waals surface area contributed by atoms with Gasteiger partial charge in [-0.3, -0.25) is 10.1 Å². The number of carbonyl (C=O) groups excluding carboxylic acids is 1. The van der Waals surface area contributed by atoms with E-state index in [1.165, 1.54) is 6.08 Å². The van der Waals surface area contributed by atoms with Crippen LogP contribution in [0.1, 0.15) is 19.8 Å². The molecule has 0 aliphatic rings. The van der Waals surface area contributed by atoms with Gasteiger partial charge in [-0.15, -0.1) is 6.58 Å². The van der Waals surface area contributed by atoms with Gasteiger partial charge in [0.15, 0.2) is 0 Å². The summed E-state index contributed by atoms with van der Waals surface area (Å²) in [7, 11) is 0. The van der Waals surface area contributed by atoms with E-state index in [2.05, 4.69) is 11.3 Å². The third-order valence-corrected chi connectivity index (χ3v) is 1.46. The molecule has 0 saturated heterocycles. The van der Waals surface area contributed by atoms with Crippen LogP contribution in [0.25, 0.3) is 0 Å². The zero-order valence-electron chi connectivity index (χ0n) is 7.56. The maximum atomic E-state index is 11.0. The summed E-state index contributed by atoms with van der Waals surface area (Å²) in [4.78, 5) is 20.8. The normalized spacial score (nSPS) is 11.8. The Morgan fingerprint density at radius 1 is 1.77 bits per heavy atom. The van der Waals surface area contributed by atoms with Crippen LogP contribution < -0.4 is 0 Å². The second-order valence-electron chi connectivity index (χ2n) is 2.42. The maximum Gasteiger partial charge on any atom is 0.381 e. The lowest BCUT2D eigenvalue weighted by atomic mass is 10.2. The van der Waals surface area contributed by atoms with Crippen molar-refractivity contribution in [2.75, 3.05) is 6.61 Å². The average Bonchev–Trinajstić information content (AvgIpc) is 2.05. The van der Waals surface area contributed by atoms with Crippen molar-refractivity contribution in [2.24, 2.45) is 0 Å². The third kappa shape index (κ3) is 4.25. The Labute approximate surface area is 76.5 Å². The van der Waals surface area contributed by atoms with E-state index in [0.717, 1.165) is 0 Å². The molecule has 74 valence electrons. The van der Waals surface area contributed by atoms with E-state index in [1.54, 1.807) is 6.92 Å². The molecular formula is C8H13NO4. The van der Waals surface area contributed by atoms with Gasteiger partial charge < -0.3 is 4.74 Å². The standard InChI is InChI=1S/C8H13NO4/c1-3-5-6-7(9(11)12)8(10)13-4-2/h3,7H,1,4-6H2,2H3. The quantitative estimate of drug-likeness (QED) is 0.271. The van der Waals surface area contributed by atoms with E-state index in [9.17, 15) is 14.9 Å². The van der Waals surface area contributed by atoms with Crippen molar-refractivity contribution >= 4 is 5.97 Å². The molecule has 5 heteroatoms. The number of carbonyl (C=O) groups is 1. The number of nitrogens with zero attached hydrogens (tertiary/aromatic N) is 1. The highest BCUT2D eigenvalue weighted by molar-refractivity contribution is 5.74. The summed E-state index contributed by atoms with van der Waals surface area (Å²) in [6, 6.07) is -1.25. The number of hydrogen-bond donors (Lipinski definition) is 0. The molecule has 1 atom stereocenters. The Bertz CT molecular complexity index is 202. The van der Waals surface area contributed by atoms with Crippen LogP contribution >= 0.6 is 0 Å². The Balaban J connectivity index is 4.15. The van der Waals surface area contributed by atoms with Crippen molar-refractivity contribution in [1.82, 2.24) is 0 Å². The molecule has 13 heavy (non-hydrogen) atoms. The van der Waals surface area contributed by atoms with Crippen LogP contribution in [-0.2, 0) is 9.53 Å². The summed E-state index contributed by atoms with van der Waals surface area (Å²) in [5, 5.41) is 10.4. The molecule has 0 saturated carbocycles. The summed E-state index contributed by atoms with van der Waals surface area (Å²) >= 11 is 0. The fourth-order valence-corrected chi connectivity index (χ4v) is 0.823. The van der Waals surface area contributed by atoms with Gasteiger partial charge in [0.1, 0.15) is 0 Å². The van der Waals surface area contributed by atoms with Gasteiger partial charge in [-0.2, -0.15) is 0 Å². The number of nitro groups is 1. The Morgan fingerprint density at radius 2 is 2.38 bits per heavy atom. The number of allylic oxidation sites excluding steroid dienone is 1. The molecular weight excluding hydrogens is 174 g/mol. The predicted octanol–water partition coefficient (Wildman–Crippen LogP) is 1.16. The van der Waals surface area contributed by atoms with Crippen LogP contribution in [0.5, 0.6) is 0 Å². The van der Waals surface area contributed by atoms with Gasteiger partial charge in [-0.05, 0) is 13.3 Å². The van der Waals surface area contributed by atoms with Gasteiger partial charge in [0.25, 0.3) is 0 Å². The van der Waals surface area contributed by atoms with E-state index in [1.807, 2.05) is 0 Å². The van der Waals surface area contributed by atoms with Gasteiger partial charge in [0.05, 0.1) is 6.61 Å². The first-order valence-electron chi connectivity index (χ1n) is 4.04. The lowest BCUT2D eigenvalue weighted by Gasteiger charge is -2.06. The topological polar surface area (TPSA) is 69.4 Å². The minimum absolute atomic E-state index is 0.148. The molecule has 0 rings (SSSR count). The minimum Gasteiger partial charge on any atom is -0.461 e.